The molecule has 14 heavy (non-hydrogen) atoms. The molecule has 0 radical (unpaired) electrons. The van der Waals surface area contributed by atoms with Crippen LogP contribution in [0.25, 0.3) is 5.69 Å². The minimum Gasteiger partial charge on any atom is -0.323 e. The van der Waals surface area contributed by atoms with Crippen LogP contribution >= 0.6 is 0 Å². The predicted molar refractivity (Wildman–Crippen MR) is 51.8 cm³/mol. The van der Waals surface area contributed by atoms with Gasteiger partial charge in [0.25, 0.3) is 0 Å². The number of nitrogens with two attached hydrogens (primary N) is 1. The van der Waals surface area contributed by atoms with Crippen LogP contribution in [0.5, 0.6) is 0 Å². The average Bonchev–Trinajstić information content (AvgIpc) is 2.70. The zero-order valence-electron chi connectivity index (χ0n) is 7.83. The van der Waals surface area contributed by atoms with E-state index in [9.17, 15) is 0 Å². The lowest BCUT2D eigenvalue weighted by atomic mass is 10.2. The van der Waals surface area contributed by atoms with Crippen LogP contribution in [0.4, 0.5) is 0 Å². The Labute approximate surface area is 81.6 Å². The average molecular weight is 189 g/mol. The summed E-state index contributed by atoms with van der Waals surface area (Å²) < 4.78 is 0. The fourth-order valence-corrected chi connectivity index (χ4v) is 1.27. The van der Waals surface area contributed by atoms with Gasteiger partial charge in [-0.3, -0.25) is 4.98 Å². The van der Waals surface area contributed by atoms with Gasteiger partial charge in [0.2, 0.25) is 0 Å². The van der Waals surface area contributed by atoms with Crippen molar-refractivity contribution in [2.24, 2.45) is 5.73 Å². The van der Waals surface area contributed by atoms with E-state index in [0.717, 1.165) is 11.4 Å². The third-order valence-electron chi connectivity index (χ3n) is 1.88. The quantitative estimate of drug-likeness (QED) is 0.754. The lowest BCUT2D eigenvalue weighted by molar-refractivity contribution is 0.700. The van der Waals surface area contributed by atoms with E-state index in [2.05, 4.69) is 15.2 Å². The summed E-state index contributed by atoms with van der Waals surface area (Å²) in [6, 6.07) is 3.60. The molecule has 0 amide bonds. The number of pyridine rings is 1. The normalized spacial score (nSPS) is 12.7. The highest BCUT2D eigenvalue weighted by Gasteiger charge is 2.09. The number of rotatable bonds is 2. The summed E-state index contributed by atoms with van der Waals surface area (Å²) in [7, 11) is 0. The van der Waals surface area contributed by atoms with Gasteiger partial charge in [0.05, 0.1) is 18.1 Å². The number of hydrogen-bond donors (Lipinski definition) is 1. The van der Waals surface area contributed by atoms with Crippen molar-refractivity contribution < 1.29 is 0 Å². The van der Waals surface area contributed by atoms with Crippen molar-refractivity contribution in [1.29, 1.82) is 0 Å². The first kappa shape index (κ1) is 8.83. The first-order valence-corrected chi connectivity index (χ1v) is 4.36. The minimum atomic E-state index is -0.128. The second kappa shape index (κ2) is 3.55. The molecule has 1 unspecified atom stereocenters. The Morgan fingerprint density at radius 2 is 2.00 bits per heavy atom. The maximum atomic E-state index is 5.79. The van der Waals surface area contributed by atoms with Gasteiger partial charge in [0, 0.05) is 12.2 Å². The lowest BCUT2D eigenvalue weighted by Crippen LogP contribution is -2.13. The Kier molecular flexibility index (Phi) is 2.24. The molecule has 2 aromatic heterocycles. The summed E-state index contributed by atoms with van der Waals surface area (Å²) >= 11 is 0. The molecular formula is C9H11N5. The zero-order chi connectivity index (χ0) is 9.97. The monoisotopic (exact) mass is 189 g/mol. The van der Waals surface area contributed by atoms with E-state index in [0.29, 0.717) is 0 Å². The summed E-state index contributed by atoms with van der Waals surface area (Å²) in [6.45, 7) is 1.88. The SMILES string of the molecule is CC(N)c1ncccc1-n1nccn1. The Morgan fingerprint density at radius 1 is 1.29 bits per heavy atom. The Morgan fingerprint density at radius 3 is 2.64 bits per heavy atom. The second-order valence-electron chi connectivity index (χ2n) is 3.01. The molecule has 0 saturated heterocycles. The van der Waals surface area contributed by atoms with Gasteiger partial charge in [-0.15, -0.1) is 4.80 Å². The van der Waals surface area contributed by atoms with Crippen molar-refractivity contribution in [3.63, 3.8) is 0 Å². The Bertz CT molecular complexity index is 407. The molecule has 0 fully saturated rings. The van der Waals surface area contributed by atoms with Crippen LogP contribution in [0.2, 0.25) is 0 Å². The Hall–Kier alpha value is -1.75. The third-order valence-corrected chi connectivity index (χ3v) is 1.88. The van der Waals surface area contributed by atoms with Crippen LogP contribution in [-0.4, -0.2) is 20.0 Å². The highest BCUT2D eigenvalue weighted by atomic mass is 15.5. The topological polar surface area (TPSA) is 69.6 Å². The minimum absolute atomic E-state index is 0.128. The molecule has 5 nitrogen and oxygen atoms in total. The fourth-order valence-electron chi connectivity index (χ4n) is 1.27. The standard InChI is InChI=1S/C9H11N5/c1-7(10)9-8(3-2-4-11-9)14-12-5-6-13-14/h2-7H,10H2,1H3. The summed E-state index contributed by atoms with van der Waals surface area (Å²) in [5.74, 6) is 0. The van der Waals surface area contributed by atoms with Gasteiger partial charge in [-0.2, -0.15) is 10.2 Å². The molecule has 2 N–H and O–H groups in total. The molecule has 0 aromatic carbocycles. The first-order valence-electron chi connectivity index (χ1n) is 4.36. The van der Waals surface area contributed by atoms with Gasteiger partial charge >= 0.3 is 0 Å². The van der Waals surface area contributed by atoms with E-state index in [-0.39, 0.29) is 6.04 Å². The first-order chi connectivity index (χ1) is 6.79. The van der Waals surface area contributed by atoms with E-state index in [4.69, 9.17) is 5.73 Å². The van der Waals surface area contributed by atoms with Crippen LogP contribution < -0.4 is 5.73 Å². The molecule has 1 atom stereocenters. The highest BCUT2D eigenvalue weighted by molar-refractivity contribution is 5.35. The van der Waals surface area contributed by atoms with Crippen molar-refractivity contribution in [3.8, 4) is 5.69 Å². The second-order valence-corrected chi connectivity index (χ2v) is 3.01. The molecule has 2 heterocycles. The van der Waals surface area contributed by atoms with Crippen molar-refractivity contribution in [2.75, 3.05) is 0 Å². The van der Waals surface area contributed by atoms with Crippen molar-refractivity contribution in [1.82, 2.24) is 20.0 Å². The summed E-state index contributed by atoms with van der Waals surface area (Å²) in [4.78, 5) is 5.73. The smallest absolute Gasteiger partial charge is 0.109 e. The van der Waals surface area contributed by atoms with Gasteiger partial charge in [-0.05, 0) is 19.1 Å². The van der Waals surface area contributed by atoms with Crippen LogP contribution in [0.15, 0.2) is 30.7 Å². The van der Waals surface area contributed by atoms with Crippen molar-refractivity contribution >= 4 is 0 Å². The van der Waals surface area contributed by atoms with Gasteiger partial charge in [-0.25, -0.2) is 0 Å². The summed E-state index contributed by atoms with van der Waals surface area (Å²) in [5, 5.41) is 8.08. The number of nitrogens with zero attached hydrogens (tertiary/aromatic N) is 4. The number of aromatic nitrogens is 4. The molecule has 0 aliphatic rings. The predicted octanol–water partition coefficient (Wildman–Crippen LogP) is 0.682. The molecule has 0 aliphatic carbocycles. The maximum Gasteiger partial charge on any atom is 0.109 e. The highest BCUT2D eigenvalue weighted by Crippen LogP contribution is 2.14. The van der Waals surface area contributed by atoms with E-state index < -0.39 is 0 Å². The van der Waals surface area contributed by atoms with E-state index in [1.807, 2.05) is 19.1 Å². The maximum absolute atomic E-state index is 5.79. The molecule has 0 saturated carbocycles. The summed E-state index contributed by atoms with van der Waals surface area (Å²) in [6.07, 6.45) is 4.96. The Balaban J connectivity index is 2.53. The third kappa shape index (κ3) is 1.49. The van der Waals surface area contributed by atoms with Gasteiger partial charge in [-0.1, -0.05) is 0 Å². The molecule has 0 aliphatic heterocycles. The van der Waals surface area contributed by atoms with Crippen LogP contribution in [0, 0.1) is 0 Å². The van der Waals surface area contributed by atoms with Crippen LogP contribution in [0.1, 0.15) is 18.7 Å². The van der Waals surface area contributed by atoms with Gasteiger partial charge in [0.15, 0.2) is 0 Å². The molecular weight excluding hydrogens is 178 g/mol. The molecule has 0 bridgehead atoms. The largest absolute Gasteiger partial charge is 0.323 e. The zero-order valence-corrected chi connectivity index (χ0v) is 7.83. The van der Waals surface area contributed by atoms with Crippen LogP contribution in [0.3, 0.4) is 0 Å². The molecule has 0 spiro atoms. The lowest BCUT2D eigenvalue weighted by Gasteiger charge is -2.09. The van der Waals surface area contributed by atoms with E-state index >= 15 is 0 Å². The summed E-state index contributed by atoms with van der Waals surface area (Å²) in [5.41, 5.74) is 7.41. The van der Waals surface area contributed by atoms with E-state index in [1.54, 1.807) is 18.6 Å². The fraction of sp³-hybridized carbons (Fsp3) is 0.222. The number of hydrogen-bond acceptors (Lipinski definition) is 4. The van der Waals surface area contributed by atoms with Crippen molar-refractivity contribution in [2.45, 2.75) is 13.0 Å². The van der Waals surface area contributed by atoms with Gasteiger partial charge < -0.3 is 5.73 Å². The van der Waals surface area contributed by atoms with Crippen LogP contribution in [-0.2, 0) is 0 Å². The van der Waals surface area contributed by atoms with Gasteiger partial charge in [0.1, 0.15) is 5.69 Å². The molecule has 5 heteroatoms. The molecule has 2 rings (SSSR count). The molecule has 2 aromatic rings. The van der Waals surface area contributed by atoms with E-state index in [1.165, 1.54) is 4.80 Å². The molecule has 72 valence electrons. The van der Waals surface area contributed by atoms with Crippen molar-refractivity contribution in [3.05, 3.63) is 36.4 Å².